The van der Waals surface area contributed by atoms with Gasteiger partial charge in [0.1, 0.15) is 5.58 Å². The highest BCUT2D eigenvalue weighted by molar-refractivity contribution is 5.81. The number of ether oxygens (including phenoxy) is 1. The maximum atomic E-state index is 5.66. The summed E-state index contributed by atoms with van der Waals surface area (Å²) in [6, 6.07) is 8.56. The van der Waals surface area contributed by atoms with Gasteiger partial charge in [-0.1, -0.05) is 25.1 Å². The van der Waals surface area contributed by atoms with Crippen molar-refractivity contribution in [2.75, 3.05) is 19.8 Å². The molecule has 0 radical (unpaired) electrons. The van der Waals surface area contributed by atoms with Crippen molar-refractivity contribution in [3.63, 3.8) is 0 Å². The van der Waals surface area contributed by atoms with Crippen LogP contribution in [0, 0.1) is 5.92 Å². The van der Waals surface area contributed by atoms with E-state index in [-0.39, 0.29) is 0 Å². The summed E-state index contributed by atoms with van der Waals surface area (Å²) in [5, 5.41) is 4.80. The Kier molecular flexibility index (Phi) is 3.35. The zero-order chi connectivity index (χ0) is 12.4. The molecule has 1 aromatic carbocycles. The Hall–Kier alpha value is -1.32. The molecule has 1 N–H and O–H groups in total. The van der Waals surface area contributed by atoms with Gasteiger partial charge < -0.3 is 14.5 Å². The molecule has 1 fully saturated rings. The Morgan fingerprint density at radius 2 is 2.28 bits per heavy atom. The molecule has 1 aliphatic heterocycles. The lowest BCUT2D eigenvalue weighted by atomic mass is 9.92. The monoisotopic (exact) mass is 245 g/mol. The third-order valence-corrected chi connectivity index (χ3v) is 3.71. The van der Waals surface area contributed by atoms with Gasteiger partial charge in [-0.15, -0.1) is 0 Å². The number of furan rings is 1. The molecule has 3 rings (SSSR count). The van der Waals surface area contributed by atoms with Gasteiger partial charge in [0.05, 0.1) is 12.9 Å². The van der Waals surface area contributed by atoms with Crippen LogP contribution in [0.1, 0.15) is 24.9 Å². The quantitative estimate of drug-likeness (QED) is 0.898. The van der Waals surface area contributed by atoms with Crippen LogP contribution in [-0.2, 0) is 4.74 Å². The standard InChI is InChI=1S/C15H19NO2/c1-2-16-15(11-7-8-17-9-11)13-10-18-14-6-4-3-5-12(13)14/h3-6,10-11,15-16H,2,7-9H2,1H3. The molecular weight excluding hydrogens is 226 g/mol. The number of benzene rings is 1. The molecular formula is C15H19NO2. The van der Waals surface area contributed by atoms with Crippen LogP contribution in [-0.4, -0.2) is 19.8 Å². The molecule has 0 amide bonds. The van der Waals surface area contributed by atoms with Crippen molar-refractivity contribution in [2.45, 2.75) is 19.4 Å². The number of hydrogen-bond donors (Lipinski definition) is 1. The summed E-state index contributed by atoms with van der Waals surface area (Å²) in [6.45, 7) is 4.82. The Bertz CT molecular complexity index is 514. The minimum Gasteiger partial charge on any atom is -0.464 e. The highest BCUT2D eigenvalue weighted by Crippen LogP contribution is 2.34. The molecule has 1 aromatic heterocycles. The van der Waals surface area contributed by atoms with Crippen LogP contribution < -0.4 is 5.32 Å². The second-order valence-corrected chi connectivity index (χ2v) is 4.85. The Labute approximate surface area is 107 Å². The summed E-state index contributed by atoms with van der Waals surface area (Å²) in [6.07, 6.45) is 3.02. The Balaban J connectivity index is 1.98. The zero-order valence-corrected chi connectivity index (χ0v) is 10.7. The van der Waals surface area contributed by atoms with Crippen LogP contribution in [0.25, 0.3) is 11.0 Å². The number of para-hydroxylation sites is 1. The summed E-state index contributed by atoms with van der Waals surface area (Å²) in [5.41, 5.74) is 2.23. The number of rotatable bonds is 4. The average molecular weight is 245 g/mol. The molecule has 1 saturated heterocycles. The van der Waals surface area contributed by atoms with Crippen molar-refractivity contribution in [3.05, 3.63) is 36.1 Å². The van der Waals surface area contributed by atoms with E-state index in [4.69, 9.17) is 9.15 Å². The SMILES string of the molecule is CCNC(c1coc2ccccc12)C1CCOC1. The fourth-order valence-corrected chi connectivity index (χ4v) is 2.81. The number of fused-ring (bicyclic) bond motifs is 1. The van der Waals surface area contributed by atoms with E-state index in [1.165, 1.54) is 10.9 Å². The topological polar surface area (TPSA) is 34.4 Å². The molecule has 1 aliphatic rings. The lowest BCUT2D eigenvalue weighted by Gasteiger charge is -2.22. The van der Waals surface area contributed by atoms with E-state index in [1.807, 2.05) is 18.4 Å². The summed E-state index contributed by atoms with van der Waals surface area (Å²) in [4.78, 5) is 0. The van der Waals surface area contributed by atoms with Gasteiger partial charge in [-0.2, -0.15) is 0 Å². The Morgan fingerprint density at radius 3 is 3.06 bits per heavy atom. The molecule has 0 spiro atoms. The highest BCUT2D eigenvalue weighted by atomic mass is 16.5. The molecule has 3 nitrogen and oxygen atoms in total. The molecule has 3 heteroatoms. The first-order valence-electron chi connectivity index (χ1n) is 6.67. The van der Waals surface area contributed by atoms with Gasteiger partial charge in [-0.3, -0.25) is 0 Å². The van der Waals surface area contributed by atoms with E-state index in [0.717, 1.165) is 31.8 Å². The van der Waals surface area contributed by atoms with E-state index in [1.54, 1.807) is 0 Å². The van der Waals surface area contributed by atoms with Crippen LogP contribution in [0.3, 0.4) is 0 Å². The van der Waals surface area contributed by atoms with E-state index < -0.39 is 0 Å². The van der Waals surface area contributed by atoms with Gasteiger partial charge in [0.15, 0.2) is 0 Å². The van der Waals surface area contributed by atoms with Gasteiger partial charge in [0, 0.05) is 29.5 Å². The van der Waals surface area contributed by atoms with Crippen LogP contribution in [0.5, 0.6) is 0 Å². The third-order valence-electron chi connectivity index (χ3n) is 3.71. The van der Waals surface area contributed by atoms with Gasteiger partial charge >= 0.3 is 0 Å². The summed E-state index contributed by atoms with van der Waals surface area (Å²) in [7, 11) is 0. The molecule has 18 heavy (non-hydrogen) atoms. The molecule has 0 bridgehead atoms. The van der Waals surface area contributed by atoms with Crippen LogP contribution >= 0.6 is 0 Å². The van der Waals surface area contributed by atoms with Crippen LogP contribution in [0.2, 0.25) is 0 Å². The number of nitrogens with one attached hydrogen (secondary N) is 1. The maximum absolute atomic E-state index is 5.66. The molecule has 0 aliphatic carbocycles. The van der Waals surface area contributed by atoms with Crippen molar-refractivity contribution in [1.82, 2.24) is 5.32 Å². The molecule has 2 unspecified atom stereocenters. The van der Waals surface area contributed by atoms with Crippen molar-refractivity contribution < 1.29 is 9.15 Å². The normalized spacial score (nSPS) is 21.5. The van der Waals surface area contributed by atoms with Gasteiger partial charge in [0.2, 0.25) is 0 Å². The fraction of sp³-hybridized carbons (Fsp3) is 0.467. The van der Waals surface area contributed by atoms with Crippen molar-refractivity contribution >= 4 is 11.0 Å². The van der Waals surface area contributed by atoms with Gasteiger partial charge in [-0.05, 0) is 19.0 Å². The minimum absolute atomic E-state index is 0.334. The van der Waals surface area contributed by atoms with Crippen molar-refractivity contribution in [3.8, 4) is 0 Å². The van der Waals surface area contributed by atoms with Crippen LogP contribution in [0.4, 0.5) is 0 Å². The highest BCUT2D eigenvalue weighted by Gasteiger charge is 2.28. The second-order valence-electron chi connectivity index (χ2n) is 4.85. The lowest BCUT2D eigenvalue weighted by molar-refractivity contribution is 0.177. The molecule has 96 valence electrons. The first-order valence-corrected chi connectivity index (χ1v) is 6.67. The van der Waals surface area contributed by atoms with Gasteiger partial charge in [0.25, 0.3) is 0 Å². The van der Waals surface area contributed by atoms with E-state index in [9.17, 15) is 0 Å². The molecule has 0 saturated carbocycles. The van der Waals surface area contributed by atoms with Gasteiger partial charge in [-0.25, -0.2) is 0 Å². The Morgan fingerprint density at radius 1 is 1.39 bits per heavy atom. The average Bonchev–Trinajstić information content (AvgIpc) is 3.06. The predicted octanol–water partition coefficient (Wildman–Crippen LogP) is 3.12. The number of hydrogen-bond acceptors (Lipinski definition) is 3. The van der Waals surface area contributed by atoms with Crippen molar-refractivity contribution in [1.29, 1.82) is 0 Å². The third kappa shape index (κ3) is 2.04. The van der Waals surface area contributed by atoms with Crippen molar-refractivity contribution in [2.24, 2.45) is 5.92 Å². The van der Waals surface area contributed by atoms with Crippen LogP contribution in [0.15, 0.2) is 34.9 Å². The fourth-order valence-electron chi connectivity index (χ4n) is 2.81. The summed E-state index contributed by atoms with van der Waals surface area (Å²) < 4.78 is 11.2. The second kappa shape index (κ2) is 5.12. The minimum atomic E-state index is 0.334. The molecule has 2 heterocycles. The summed E-state index contributed by atoms with van der Waals surface area (Å²) >= 11 is 0. The van der Waals surface area contributed by atoms with E-state index >= 15 is 0 Å². The zero-order valence-electron chi connectivity index (χ0n) is 10.7. The first kappa shape index (κ1) is 11.8. The summed E-state index contributed by atoms with van der Waals surface area (Å²) in [5.74, 6) is 0.547. The largest absolute Gasteiger partial charge is 0.464 e. The molecule has 2 aromatic rings. The van der Waals surface area contributed by atoms with E-state index in [0.29, 0.717) is 12.0 Å². The first-order chi connectivity index (χ1) is 8.90. The maximum Gasteiger partial charge on any atom is 0.134 e. The molecule has 2 atom stereocenters. The predicted molar refractivity (Wildman–Crippen MR) is 71.6 cm³/mol. The van der Waals surface area contributed by atoms with E-state index in [2.05, 4.69) is 24.4 Å². The lowest BCUT2D eigenvalue weighted by Crippen LogP contribution is -2.28. The smallest absolute Gasteiger partial charge is 0.134 e.